The third-order valence-corrected chi connectivity index (χ3v) is 4.10. The Morgan fingerprint density at radius 3 is 3.10 bits per heavy atom. The molecule has 0 amide bonds. The van der Waals surface area contributed by atoms with Gasteiger partial charge in [0.2, 0.25) is 5.89 Å². The maximum atomic E-state index is 5.41. The Balaban J connectivity index is 1.62. The van der Waals surface area contributed by atoms with Crippen LogP contribution in [-0.4, -0.2) is 27.9 Å². The van der Waals surface area contributed by atoms with Crippen LogP contribution in [0, 0.1) is 0 Å². The molecule has 1 saturated heterocycles. The SMILES string of the molecule is Cn1cc(Cc2nc(C3CCOC3)no2)c2ccccc21. The highest BCUT2D eigenvalue weighted by molar-refractivity contribution is 5.84. The molecule has 0 radical (unpaired) electrons. The molecule has 1 unspecified atom stereocenters. The van der Waals surface area contributed by atoms with Crippen molar-refractivity contribution in [1.82, 2.24) is 14.7 Å². The average Bonchev–Trinajstić information content (AvgIpc) is 3.21. The third-order valence-electron chi connectivity index (χ3n) is 4.10. The van der Waals surface area contributed by atoms with Crippen molar-refractivity contribution < 1.29 is 9.26 Å². The van der Waals surface area contributed by atoms with Crippen LogP contribution in [0.2, 0.25) is 0 Å². The zero-order valence-electron chi connectivity index (χ0n) is 12.0. The van der Waals surface area contributed by atoms with Crippen LogP contribution in [0.5, 0.6) is 0 Å². The standard InChI is InChI=1S/C16H17N3O2/c1-19-9-12(13-4-2-3-5-14(13)19)8-15-17-16(18-21-15)11-6-7-20-10-11/h2-5,9,11H,6-8,10H2,1H3. The predicted molar refractivity (Wildman–Crippen MR) is 78.2 cm³/mol. The van der Waals surface area contributed by atoms with Crippen molar-refractivity contribution in [3.05, 3.63) is 47.7 Å². The molecule has 5 nitrogen and oxygen atoms in total. The Morgan fingerprint density at radius 1 is 1.33 bits per heavy atom. The molecule has 1 aliphatic rings. The van der Waals surface area contributed by atoms with Gasteiger partial charge in [-0.3, -0.25) is 0 Å². The van der Waals surface area contributed by atoms with E-state index in [1.807, 2.05) is 0 Å². The van der Waals surface area contributed by atoms with Crippen molar-refractivity contribution in [3.63, 3.8) is 0 Å². The summed E-state index contributed by atoms with van der Waals surface area (Å²) in [6.07, 6.45) is 3.78. The highest BCUT2D eigenvalue weighted by Crippen LogP contribution is 2.25. The molecule has 1 aliphatic heterocycles. The van der Waals surface area contributed by atoms with Crippen molar-refractivity contribution in [2.45, 2.75) is 18.8 Å². The Hall–Kier alpha value is -2.14. The molecule has 3 aromatic rings. The minimum atomic E-state index is 0.287. The summed E-state index contributed by atoms with van der Waals surface area (Å²) in [6, 6.07) is 8.36. The normalized spacial score (nSPS) is 18.6. The van der Waals surface area contributed by atoms with Gasteiger partial charge in [0.1, 0.15) is 0 Å². The lowest BCUT2D eigenvalue weighted by Crippen LogP contribution is -2.00. The molecule has 1 fully saturated rings. The van der Waals surface area contributed by atoms with Gasteiger partial charge in [-0.1, -0.05) is 23.4 Å². The van der Waals surface area contributed by atoms with Crippen LogP contribution in [0.15, 0.2) is 35.0 Å². The minimum absolute atomic E-state index is 0.287. The van der Waals surface area contributed by atoms with E-state index in [9.17, 15) is 0 Å². The fraction of sp³-hybridized carbons (Fsp3) is 0.375. The van der Waals surface area contributed by atoms with Crippen molar-refractivity contribution in [2.75, 3.05) is 13.2 Å². The van der Waals surface area contributed by atoms with Gasteiger partial charge in [-0.25, -0.2) is 0 Å². The second-order valence-electron chi connectivity index (χ2n) is 5.57. The summed E-state index contributed by atoms with van der Waals surface area (Å²) >= 11 is 0. The molecular weight excluding hydrogens is 266 g/mol. The first-order valence-corrected chi connectivity index (χ1v) is 7.24. The summed E-state index contributed by atoms with van der Waals surface area (Å²) in [7, 11) is 2.06. The van der Waals surface area contributed by atoms with E-state index in [0.29, 0.717) is 18.9 Å². The molecule has 4 rings (SSSR count). The topological polar surface area (TPSA) is 53.1 Å². The van der Waals surface area contributed by atoms with Gasteiger partial charge in [-0.2, -0.15) is 4.98 Å². The fourth-order valence-corrected chi connectivity index (χ4v) is 2.97. The molecule has 0 bridgehead atoms. The Labute approximate surface area is 122 Å². The number of benzene rings is 1. The van der Waals surface area contributed by atoms with Gasteiger partial charge in [0.15, 0.2) is 5.82 Å². The molecule has 0 N–H and O–H groups in total. The maximum Gasteiger partial charge on any atom is 0.231 e. The van der Waals surface area contributed by atoms with Crippen LogP contribution in [0.1, 0.15) is 29.6 Å². The summed E-state index contributed by atoms with van der Waals surface area (Å²) in [5.74, 6) is 1.74. The minimum Gasteiger partial charge on any atom is -0.381 e. The van der Waals surface area contributed by atoms with E-state index in [2.05, 4.69) is 52.2 Å². The molecule has 108 valence electrons. The van der Waals surface area contributed by atoms with Gasteiger partial charge in [-0.05, 0) is 18.1 Å². The van der Waals surface area contributed by atoms with Gasteiger partial charge in [0.05, 0.1) is 13.0 Å². The summed E-state index contributed by atoms with van der Waals surface area (Å²) in [6.45, 7) is 1.49. The number of rotatable bonds is 3. The first-order valence-electron chi connectivity index (χ1n) is 7.24. The van der Waals surface area contributed by atoms with Crippen LogP contribution < -0.4 is 0 Å². The van der Waals surface area contributed by atoms with Crippen molar-refractivity contribution in [1.29, 1.82) is 0 Å². The Bertz CT molecular complexity index is 769. The molecule has 0 spiro atoms. The Kier molecular flexibility index (Phi) is 3.00. The fourth-order valence-electron chi connectivity index (χ4n) is 2.97. The van der Waals surface area contributed by atoms with Gasteiger partial charge < -0.3 is 13.8 Å². The van der Waals surface area contributed by atoms with E-state index in [1.165, 1.54) is 16.5 Å². The van der Waals surface area contributed by atoms with Gasteiger partial charge >= 0.3 is 0 Å². The maximum absolute atomic E-state index is 5.41. The van der Waals surface area contributed by atoms with E-state index in [0.717, 1.165) is 18.9 Å². The summed E-state index contributed by atoms with van der Waals surface area (Å²) in [5.41, 5.74) is 2.43. The lowest BCUT2D eigenvalue weighted by molar-refractivity contribution is 0.192. The van der Waals surface area contributed by atoms with Crippen LogP contribution in [0.3, 0.4) is 0 Å². The second-order valence-corrected chi connectivity index (χ2v) is 5.57. The largest absolute Gasteiger partial charge is 0.381 e. The first kappa shape index (κ1) is 12.6. The molecule has 1 aromatic carbocycles. The van der Waals surface area contributed by atoms with E-state index in [4.69, 9.17) is 9.26 Å². The summed E-state index contributed by atoms with van der Waals surface area (Å²) in [4.78, 5) is 4.54. The number of nitrogens with zero attached hydrogens (tertiary/aromatic N) is 3. The average molecular weight is 283 g/mol. The van der Waals surface area contributed by atoms with Crippen molar-refractivity contribution in [2.24, 2.45) is 7.05 Å². The summed E-state index contributed by atoms with van der Waals surface area (Å²) < 4.78 is 12.9. The number of fused-ring (bicyclic) bond motifs is 1. The number of aromatic nitrogens is 3. The van der Waals surface area contributed by atoms with Crippen LogP contribution in [-0.2, 0) is 18.2 Å². The molecule has 2 aromatic heterocycles. The number of hydrogen-bond donors (Lipinski definition) is 0. The van der Waals surface area contributed by atoms with Gasteiger partial charge in [0, 0.05) is 36.7 Å². The first-order chi connectivity index (χ1) is 10.3. The quantitative estimate of drug-likeness (QED) is 0.741. The molecule has 21 heavy (non-hydrogen) atoms. The molecule has 0 saturated carbocycles. The number of aryl methyl sites for hydroxylation is 1. The smallest absolute Gasteiger partial charge is 0.231 e. The number of hydrogen-bond acceptors (Lipinski definition) is 4. The highest BCUT2D eigenvalue weighted by atomic mass is 16.5. The van der Waals surface area contributed by atoms with Crippen LogP contribution >= 0.6 is 0 Å². The molecule has 5 heteroatoms. The van der Waals surface area contributed by atoms with Crippen LogP contribution in [0.4, 0.5) is 0 Å². The van der Waals surface area contributed by atoms with E-state index < -0.39 is 0 Å². The lowest BCUT2D eigenvalue weighted by Gasteiger charge is -1.97. The molecule has 1 atom stereocenters. The Morgan fingerprint density at radius 2 is 2.24 bits per heavy atom. The molecular formula is C16H17N3O2. The zero-order valence-corrected chi connectivity index (χ0v) is 12.0. The van der Waals surface area contributed by atoms with E-state index in [1.54, 1.807) is 0 Å². The highest BCUT2D eigenvalue weighted by Gasteiger charge is 2.23. The third kappa shape index (κ3) is 2.23. The predicted octanol–water partition coefficient (Wildman–Crippen LogP) is 2.66. The second kappa shape index (κ2) is 5.00. The number of ether oxygens (including phenoxy) is 1. The molecule has 3 heterocycles. The van der Waals surface area contributed by atoms with E-state index in [-0.39, 0.29) is 5.92 Å². The molecule has 0 aliphatic carbocycles. The van der Waals surface area contributed by atoms with Crippen molar-refractivity contribution >= 4 is 10.9 Å². The van der Waals surface area contributed by atoms with Crippen LogP contribution in [0.25, 0.3) is 10.9 Å². The lowest BCUT2D eigenvalue weighted by atomic mass is 10.1. The van der Waals surface area contributed by atoms with Crippen molar-refractivity contribution in [3.8, 4) is 0 Å². The zero-order chi connectivity index (χ0) is 14.2. The van der Waals surface area contributed by atoms with E-state index >= 15 is 0 Å². The summed E-state index contributed by atoms with van der Waals surface area (Å²) in [5, 5.41) is 5.35. The monoisotopic (exact) mass is 283 g/mol. The number of para-hydroxylation sites is 1. The van der Waals surface area contributed by atoms with Gasteiger partial charge in [0.25, 0.3) is 0 Å². The van der Waals surface area contributed by atoms with Gasteiger partial charge in [-0.15, -0.1) is 0 Å².